The smallest absolute Gasteiger partial charge is 0.329 e. The summed E-state index contributed by atoms with van der Waals surface area (Å²) in [4.78, 5) is 61.0. The number of hydrogen-bond acceptors (Lipinski definition) is 6. The molecule has 0 saturated carbocycles. The van der Waals surface area contributed by atoms with Crippen molar-refractivity contribution in [2.45, 2.75) is 19.9 Å². The van der Waals surface area contributed by atoms with Gasteiger partial charge in [0.05, 0.1) is 11.3 Å². The molecule has 1 atom stereocenters. The Kier molecular flexibility index (Phi) is 5.54. The second kappa shape index (κ2) is 8.05. The van der Waals surface area contributed by atoms with Gasteiger partial charge in [0, 0.05) is 18.2 Å². The number of esters is 1. The zero-order chi connectivity index (χ0) is 21.1. The third kappa shape index (κ3) is 4.06. The predicted octanol–water partition coefficient (Wildman–Crippen LogP) is 1.99. The SMILES string of the molecule is CC(=O)Nc1ccc(C(=O)COC(=O)[C@H](C)N2C(=O)C(=O)c3ccccc32)cc1. The number of carbonyl (C=O) groups excluding carboxylic acids is 5. The molecule has 2 aromatic carbocycles. The molecule has 148 valence electrons. The summed E-state index contributed by atoms with van der Waals surface area (Å²) < 4.78 is 5.06. The van der Waals surface area contributed by atoms with E-state index < -0.39 is 36.1 Å². The molecule has 1 aliphatic heterocycles. The molecular weight excluding hydrogens is 376 g/mol. The number of carbonyl (C=O) groups is 5. The van der Waals surface area contributed by atoms with Crippen molar-refractivity contribution in [3.8, 4) is 0 Å². The van der Waals surface area contributed by atoms with Crippen LogP contribution in [0.2, 0.25) is 0 Å². The molecule has 1 N–H and O–H groups in total. The first-order valence-electron chi connectivity index (χ1n) is 8.84. The Balaban J connectivity index is 1.63. The van der Waals surface area contributed by atoms with Crippen molar-refractivity contribution in [3.63, 3.8) is 0 Å². The summed E-state index contributed by atoms with van der Waals surface area (Å²) in [6, 6.07) is 11.4. The molecule has 8 heteroatoms. The lowest BCUT2D eigenvalue weighted by molar-refractivity contribution is -0.144. The fourth-order valence-electron chi connectivity index (χ4n) is 2.98. The van der Waals surface area contributed by atoms with Gasteiger partial charge in [-0.25, -0.2) is 4.79 Å². The summed E-state index contributed by atoms with van der Waals surface area (Å²) in [5, 5.41) is 2.58. The van der Waals surface area contributed by atoms with E-state index in [1.54, 1.807) is 30.3 Å². The van der Waals surface area contributed by atoms with E-state index >= 15 is 0 Å². The van der Waals surface area contributed by atoms with Crippen molar-refractivity contribution in [2.75, 3.05) is 16.8 Å². The van der Waals surface area contributed by atoms with Crippen molar-refractivity contribution >= 4 is 40.7 Å². The van der Waals surface area contributed by atoms with Crippen LogP contribution in [-0.2, 0) is 19.1 Å². The van der Waals surface area contributed by atoms with Crippen molar-refractivity contribution in [1.82, 2.24) is 0 Å². The molecular formula is C21H18N2O6. The van der Waals surface area contributed by atoms with Crippen molar-refractivity contribution in [1.29, 1.82) is 0 Å². The molecule has 3 rings (SSSR count). The fourth-order valence-corrected chi connectivity index (χ4v) is 2.98. The standard InChI is InChI=1S/C21H18N2O6/c1-12(23-17-6-4-3-5-16(17)19(26)20(23)27)21(28)29-11-18(25)14-7-9-15(10-8-14)22-13(2)24/h3-10,12H,11H2,1-2H3,(H,22,24)/t12-/m0/s1. The van der Waals surface area contributed by atoms with Gasteiger partial charge >= 0.3 is 5.97 Å². The number of Topliss-reactive ketones (excluding diaryl/α,β-unsaturated/α-hetero) is 2. The Morgan fingerprint density at radius 2 is 1.69 bits per heavy atom. The second-order valence-electron chi connectivity index (χ2n) is 6.49. The largest absolute Gasteiger partial charge is 0.456 e. The van der Waals surface area contributed by atoms with Gasteiger partial charge in [-0.2, -0.15) is 0 Å². The zero-order valence-corrected chi connectivity index (χ0v) is 15.8. The van der Waals surface area contributed by atoms with Gasteiger partial charge < -0.3 is 10.1 Å². The number of benzene rings is 2. The highest BCUT2D eigenvalue weighted by molar-refractivity contribution is 6.52. The van der Waals surface area contributed by atoms with E-state index in [1.807, 2.05) is 0 Å². The van der Waals surface area contributed by atoms with Gasteiger partial charge in [0.2, 0.25) is 5.91 Å². The highest BCUT2D eigenvalue weighted by atomic mass is 16.5. The molecule has 0 spiro atoms. The van der Waals surface area contributed by atoms with E-state index in [4.69, 9.17) is 4.74 Å². The van der Waals surface area contributed by atoms with Gasteiger partial charge in [0.25, 0.3) is 11.7 Å². The first kappa shape index (κ1) is 19.9. The number of nitrogens with zero attached hydrogens (tertiary/aromatic N) is 1. The fraction of sp³-hybridized carbons (Fsp3) is 0.190. The minimum atomic E-state index is -1.06. The molecule has 2 aromatic rings. The molecule has 0 aliphatic carbocycles. The minimum absolute atomic E-state index is 0.229. The average Bonchev–Trinajstić information content (AvgIpc) is 2.96. The van der Waals surface area contributed by atoms with Crippen LogP contribution in [0.4, 0.5) is 11.4 Å². The summed E-state index contributed by atoms with van der Waals surface area (Å²) >= 11 is 0. The first-order chi connectivity index (χ1) is 13.8. The highest BCUT2D eigenvalue weighted by Crippen LogP contribution is 2.30. The van der Waals surface area contributed by atoms with Crippen molar-refractivity contribution < 1.29 is 28.7 Å². The third-order valence-electron chi connectivity index (χ3n) is 4.42. The molecule has 0 bridgehead atoms. The van der Waals surface area contributed by atoms with Gasteiger partial charge in [-0.15, -0.1) is 0 Å². The summed E-state index contributed by atoms with van der Waals surface area (Å²) in [6.45, 7) is 2.29. The van der Waals surface area contributed by atoms with Crippen LogP contribution in [0.15, 0.2) is 48.5 Å². The zero-order valence-electron chi connectivity index (χ0n) is 15.8. The maximum absolute atomic E-state index is 12.4. The molecule has 29 heavy (non-hydrogen) atoms. The second-order valence-corrected chi connectivity index (χ2v) is 6.49. The van der Waals surface area contributed by atoms with Crippen LogP contribution >= 0.6 is 0 Å². The molecule has 0 fully saturated rings. The summed E-state index contributed by atoms with van der Waals surface area (Å²) in [5.41, 5.74) is 1.41. The molecule has 0 unspecified atom stereocenters. The van der Waals surface area contributed by atoms with Gasteiger partial charge in [0.15, 0.2) is 12.4 Å². The Hall–Kier alpha value is -3.81. The van der Waals surface area contributed by atoms with Crippen molar-refractivity contribution in [2.24, 2.45) is 0 Å². The lowest BCUT2D eigenvalue weighted by atomic mass is 10.1. The number of rotatable bonds is 6. The predicted molar refractivity (Wildman–Crippen MR) is 104 cm³/mol. The number of fused-ring (bicyclic) bond motifs is 1. The quantitative estimate of drug-likeness (QED) is 0.456. The van der Waals surface area contributed by atoms with Crippen LogP contribution in [0.5, 0.6) is 0 Å². The van der Waals surface area contributed by atoms with E-state index in [2.05, 4.69) is 5.32 Å². The number of para-hydroxylation sites is 1. The van der Waals surface area contributed by atoms with Gasteiger partial charge in [-0.3, -0.25) is 24.1 Å². The maximum Gasteiger partial charge on any atom is 0.329 e. The highest BCUT2D eigenvalue weighted by Gasteiger charge is 2.41. The molecule has 1 aliphatic rings. The van der Waals surface area contributed by atoms with E-state index in [9.17, 15) is 24.0 Å². The Labute approximate surface area is 166 Å². The molecule has 8 nitrogen and oxygen atoms in total. The summed E-state index contributed by atoms with van der Waals surface area (Å²) in [5.74, 6) is -2.97. The molecule has 2 amide bonds. The van der Waals surface area contributed by atoms with E-state index in [-0.39, 0.29) is 11.5 Å². The lowest BCUT2D eigenvalue weighted by Gasteiger charge is -2.22. The lowest BCUT2D eigenvalue weighted by Crippen LogP contribution is -2.43. The van der Waals surface area contributed by atoms with Crippen LogP contribution < -0.4 is 10.2 Å². The average molecular weight is 394 g/mol. The van der Waals surface area contributed by atoms with E-state index in [0.717, 1.165) is 4.90 Å². The number of ketones is 2. The maximum atomic E-state index is 12.4. The molecule has 0 saturated heterocycles. The number of ether oxygens (including phenoxy) is 1. The van der Waals surface area contributed by atoms with Gasteiger partial charge in [-0.1, -0.05) is 12.1 Å². The molecule has 0 aromatic heterocycles. The number of anilines is 2. The minimum Gasteiger partial charge on any atom is -0.456 e. The van der Waals surface area contributed by atoms with E-state index in [0.29, 0.717) is 16.9 Å². The van der Waals surface area contributed by atoms with Crippen LogP contribution in [-0.4, -0.2) is 42.0 Å². The summed E-state index contributed by atoms with van der Waals surface area (Å²) in [7, 11) is 0. The Bertz CT molecular complexity index is 1010. The topological polar surface area (TPSA) is 110 Å². The number of amides is 2. The Morgan fingerprint density at radius 1 is 1.03 bits per heavy atom. The van der Waals surface area contributed by atoms with Gasteiger partial charge in [0.1, 0.15) is 6.04 Å². The molecule has 1 heterocycles. The first-order valence-corrected chi connectivity index (χ1v) is 8.84. The van der Waals surface area contributed by atoms with Crippen LogP contribution in [0.25, 0.3) is 0 Å². The van der Waals surface area contributed by atoms with Crippen LogP contribution in [0.1, 0.15) is 34.6 Å². The number of nitrogens with one attached hydrogen (secondary N) is 1. The van der Waals surface area contributed by atoms with Crippen LogP contribution in [0.3, 0.4) is 0 Å². The number of hydrogen-bond donors (Lipinski definition) is 1. The Morgan fingerprint density at radius 3 is 2.34 bits per heavy atom. The van der Waals surface area contributed by atoms with E-state index in [1.165, 1.54) is 32.0 Å². The van der Waals surface area contributed by atoms with Crippen LogP contribution in [0, 0.1) is 0 Å². The van der Waals surface area contributed by atoms with Crippen molar-refractivity contribution in [3.05, 3.63) is 59.7 Å². The van der Waals surface area contributed by atoms with Gasteiger partial charge in [-0.05, 0) is 43.3 Å². The monoisotopic (exact) mass is 394 g/mol. The normalized spacial score (nSPS) is 13.7. The molecule has 0 radical (unpaired) electrons. The third-order valence-corrected chi connectivity index (χ3v) is 4.42. The summed E-state index contributed by atoms with van der Waals surface area (Å²) in [6.07, 6.45) is 0.